The highest BCUT2D eigenvalue weighted by Crippen LogP contribution is 2.41. The Labute approximate surface area is 183 Å². The van der Waals surface area contributed by atoms with E-state index in [-0.39, 0.29) is 34.5 Å². The second-order valence-electron chi connectivity index (χ2n) is 8.50. The molecule has 1 aliphatic carbocycles. The molecule has 2 aromatic rings. The maximum absolute atomic E-state index is 13.5. The van der Waals surface area contributed by atoms with E-state index in [0.717, 1.165) is 18.7 Å². The van der Waals surface area contributed by atoms with Gasteiger partial charge in [-0.15, -0.1) is 0 Å². The molecule has 1 aliphatic heterocycles. The third-order valence-corrected chi connectivity index (χ3v) is 7.90. The molecule has 166 valence electrons. The first kappa shape index (κ1) is 21.9. The van der Waals surface area contributed by atoms with Gasteiger partial charge in [0.25, 0.3) is 0 Å². The number of carbonyl (C=O) groups is 1. The molecule has 0 aromatic heterocycles. The Balaban J connectivity index is 1.56. The number of piperazine rings is 1. The van der Waals surface area contributed by atoms with E-state index in [2.05, 4.69) is 9.62 Å². The van der Waals surface area contributed by atoms with Gasteiger partial charge < -0.3 is 9.80 Å². The summed E-state index contributed by atoms with van der Waals surface area (Å²) in [6, 6.07) is 14.1. The van der Waals surface area contributed by atoms with Crippen LogP contribution in [-0.4, -0.2) is 63.4 Å². The van der Waals surface area contributed by atoms with E-state index in [9.17, 15) is 17.6 Å². The number of nitrogens with one attached hydrogen (secondary N) is 1. The molecule has 1 saturated heterocycles. The molecule has 0 bridgehead atoms. The molecule has 2 aliphatic rings. The minimum Gasteiger partial charge on any atom is -0.340 e. The van der Waals surface area contributed by atoms with Gasteiger partial charge in [0.05, 0.1) is 4.90 Å². The van der Waals surface area contributed by atoms with Crippen molar-refractivity contribution in [3.63, 3.8) is 0 Å². The Morgan fingerprint density at radius 1 is 0.968 bits per heavy atom. The van der Waals surface area contributed by atoms with Crippen molar-refractivity contribution in [3.05, 3.63) is 66.0 Å². The highest BCUT2D eigenvalue weighted by atomic mass is 32.2. The van der Waals surface area contributed by atoms with Crippen molar-refractivity contribution in [3.8, 4) is 0 Å². The largest absolute Gasteiger partial charge is 0.340 e. The standard InChI is InChI=1S/C23H28FN3O3S/c1-26-11-13-27(14-12-26)23(28)22-16-19(15-21(22)17-7-9-18(24)10-8-17)25-31(29,30)20-5-3-2-4-6-20/h2-10,19,21-22,25H,11-16H2,1H3/t19-,21+,22-/m0/s1. The topological polar surface area (TPSA) is 69.7 Å². The SMILES string of the molecule is CN1CCN(C(=O)[C@H]2C[C@@H](NS(=O)(=O)c3ccccc3)C[C@@H]2c2ccc(F)cc2)CC1. The Hall–Kier alpha value is -2.29. The number of amides is 1. The molecule has 2 fully saturated rings. The monoisotopic (exact) mass is 445 g/mol. The molecule has 1 N–H and O–H groups in total. The summed E-state index contributed by atoms with van der Waals surface area (Å²) in [6.45, 7) is 2.98. The van der Waals surface area contributed by atoms with Crippen LogP contribution in [0.25, 0.3) is 0 Å². The molecule has 0 radical (unpaired) electrons. The highest BCUT2D eigenvalue weighted by molar-refractivity contribution is 7.89. The highest BCUT2D eigenvalue weighted by Gasteiger charge is 2.42. The van der Waals surface area contributed by atoms with Crippen molar-refractivity contribution in [2.75, 3.05) is 33.2 Å². The Morgan fingerprint density at radius 3 is 2.26 bits per heavy atom. The lowest BCUT2D eigenvalue weighted by atomic mass is 9.88. The number of rotatable bonds is 5. The lowest BCUT2D eigenvalue weighted by Crippen LogP contribution is -2.49. The third-order valence-electron chi connectivity index (χ3n) is 6.37. The molecule has 2 aromatic carbocycles. The van der Waals surface area contributed by atoms with Crippen molar-refractivity contribution < 1.29 is 17.6 Å². The summed E-state index contributed by atoms with van der Waals surface area (Å²) in [5.41, 5.74) is 0.871. The second-order valence-corrected chi connectivity index (χ2v) is 10.2. The van der Waals surface area contributed by atoms with Crippen molar-refractivity contribution >= 4 is 15.9 Å². The van der Waals surface area contributed by atoms with Crippen molar-refractivity contribution in [1.82, 2.24) is 14.5 Å². The molecular formula is C23H28FN3O3S. The van der Waals surface area contributed by atoms with Gasteiger partial charge in [-0.2, -0.15) is 0 Å². The summed E-state index contributed by atoms with van der Waals surface area (Å²) in [5.74, 6) is -0.762. The van der Waals surface area contributed by atoms with Crippen LogP contribution < -0.4 is 4.72 Å². The minimum atomic E-state index is -3.68. The average molecular weight is 446 g/mol. The molecule has 31 heavy (non-hydrogen) atoms. The Kier molecular flexibility index (Phi) is 6.41. The summed E-state index contributed by atoms with van der Waals surface area (Å²) in [4.78, 5) is 17.7. The van der Waals surface area contributed by atoms with E-state index in [4.69, 9.17) is 0 Å². The lowest BCUT2D eigenvalue weighted by molar-refractivity contribution is -0.137. The fourth-order valence-electron chi connectivity index (χ4n) is 4.63. The van der Waals surface area contributed by atoms with Crippen LogP contribution in [0.1, 0.15) is 24.3 Å². The molecule has 1 saturated carbocycles. The molecule has 1 amide bonds. The zero-order chi connectivity index (χ0) is 22.0. The van der Waals surface area contributed by atoms with Gasteiger partial charge in [-0.25, -0.2) is 17.5 Å². The predicted molar refractivity (Wildman–Crippen MR) is 116 cm³/mol. The molecule has 0 unspecified atom stereocenters. The minimum absolute atomic E-state index is 0.0591. The van der Waals surface area contributed by atoms with Gasteiger partial charge in [-0.1, -0.05) is 30.3 Å². The molecule has 4 rings (SSSR count). The number of hydrogen-bond acceptors (Lipinski definition) is 4. The first-order valence-corrected chi connectivity index (χ1v) is 12.1. The van der Waals surface area contributed by atoms with Gasteiger partial charge in [0, 0.05) is 38.1 Å². The van der Waals surface area contributed by atoms with Gasteiger partial charge in [0.15, 0.2) is 0 Å². The van der Waals surface area contributed by atoms with Crippen molar-refractivity contribution in [1.29, 1.82) is 0 Å². The number of halogens is 1. The van der Waals surface area contributed by atoms with E-state index in [1.165, 1.54) is 12.1 Å². The zero-order valence-corrected chi connectivity index (χ0v) is 18.4. The van der Waals surface area contributed by atoms with E-state index in [1.54, 1.807) is 42.5 Å². The molecule has 6 nitrogen and oxygen atoms in total. The Morgan fingerprint density at radius 2 is 1.61 bits per heavy atom. The summed E-state index contributed by atoms with van der Waals surface area (Å²) in [7, 11) is -1.64. The Bertz CT molecular complexity index is 1010. The molecule has 1 heterocycles. The van der Waals surface area contributed by atoms with Crippen molar-refractivity contribution in [2.24, 2.45) is 5.92 Å². The molecule has 3 atom stereocenters. The first-order chi connectivity index (χ1) is 14.8. The number of likely N-dealkylation sites (N-methyl/N-ethyl adjacent to an activating group) is 1. The fourth-order valence-corrected chi connectivity index (χ4v) is 5.92. The zero-order valence-electron chi connectivity index (χ0n) is 17.6. The van der Waals surface area contributed by atoms with Crippen LogP contribution in [0.5, 0.6) is 0 Å². The van der Waals surface area contributed by atoms with Crippen LogP contribution in [0.3, 0.4) is 0 Å². The summed E-state index contributed by atoms with van der Waals surface area (Å²) >= 11 is 0. The molecule has 8 heteroatoms. The maximum Gasteiger partial charge on any atom is 0.240 e. The summed E-state index contributed by atoms with van der Waals surface area (Å²) in [5, 5.41) is 0. The number of carbonyl (C=O) groups excluding carboxylic acids is 1. The number of benzene rings is 2. The number of nitrogens with zero attached hydrogens (tertiary/aromatic N) is 2. The summed E-state index contributed by atoms with van der Waals surface area (Å²) < 4.78 is 41.9. The van der Waals surface area contributed by atoms with E-state index < -0.39 is 10.0 Å². The normalized spacial score (nSPS) is 25.0. The van der Waals surface area contributed by atoms with E-state index in [0.29, 0.717) is 25.9 Å². The fraction of sp³-hybridized carbons (Fsp3) is 0.435. The van der Waals surface area contributed by atoms with Crippen LogP contribution >= 0.6 is 0 Å². The van der Waals surface area contributed by atoms with Crippen LogP contribution in [0, 0.1) is 11.7 Å². The molecule has 0 spiro atoms. The van der Waals surface area contributed by atoms with Gasteiger partial charge in [-0.3, -0.25) is 4.79 Å². The molecular weight excluding hydrogens is 417 g/mol. The number of hydrogen-bond donors (Lipinski definition) is 1. The van der Waals surface area contributed by atoms with E-state index >= 15 is 0 Å². The predicted octanol–water partition coefficient (Wildman–Crippen LogP) is 2.44. The van der Waals surface area contributed by atoms with Crippen molar-refractivity contribution in [2.45, 2.75) is 29.7 Å². The van der Waals surface area contributed by atoms with Crippen LogP contribution in [-0.2, 0) is 14.8 Å². The van der Waals surface area contributed by atoms with Crippen LogP contribution in [0.15, 0.2) is 59.5 Å². The van der Waals surface area contributed by atoms with Gasteiger partial charge >= 0.3 is 0 Å². The number of sulfonamides is 1. The average Bonchev–Trinajstić information content (AvgIpc) is 3.18. The van der Waals surface area contributed by atoms with Crippen LogP contribution in [0.4, 0.5) is 4.39 Å². The smallest absolute Gasteiger partial charge is 0.240 e. The third kappa shape index (κ3) is 4.97. The quantitative estimate of drug-likeness (QED) is 0.768. The van der Waals surface area contributed by atoms with Gasteiger partial charge in [0.2, 0.25) is 15.9 Å². The maximum atomic E-state index is 13.5. The lowest BCUT2D eigenvalue weighted by Gasteiger charge is -2.35. The summed E-state index contributed by atoms with van der Waals surface area (Å²) in [6.07, 6.45) is 0.932. The van der Waals surface area contributed by atoms with E-state index in [1.807, 2.05) is 11.9 Å². The van der Waals surface area contributed by atoms with Gasteiger partial charge in [0.1, 0.15) is 5.82 Å². The van der Waals surface area contributed by atoms with Crippen LogP contribution in [0.2, 0.25) is 0 Å². The first-order valence-electron chi connectivity index (χ1n) is 10.6. The van der Waals surface area contributed by atoms with Gasteiger partial charge in [-0.05, 0) is 55.6 Å². The second kappa shape index (κ2) is 9.06.